The van der Waals surface area contributed by atoms with Gasteiger partial charge in [0.2, 0.25) is 0 Å². The number of fused-ring (bicyclic) bond motifs is 2. The minimum absolute atomic E-state index is 0. The van der Waals surface area contributed by atoms with E-state index in [1.54, 1.807) is 24.3 Å². The molecular formula is C47H49F2N9O4. The second-order valence-corrected chi connectivity index (χ2v) is 14.5. The van der Waals surface area contributed by atoms with E-state index in [-0.39, 0.29) is 44.5 Å². The second kappa shape index (κ2) is 19.3. The summed E-state index contributed by atoms with van der Waals surface area (Å²) in [5.41, 5.74) is 7.33. The maximum absolute atomic E-state index is 13.6. The number of imidazole rings is 2. The summed E-state index contributed by atoms with van der Waals surface area (Å²) in [5.74, 6) is 3.00. The third kappa shape index (κ3) is 9.96. The first kappa shape index (κ1) is 44.2. The lowest BCUT2D eigenvalue weighted by atomic mass is 10.1. The van der Waals surface area contributed by atoms with E-state index in [9.17, 15) is 23.7 Å². The number of ether oxygens (including phenoxy) is 1. The highest BCUT2D eigenvalue weighted by Gasteiger charge is 2.28. The summed E-state index contributed by atoms with van der Waals surface area (Å²) < 4.78 is 36.5. The molecule has 5 aromatic carbocycles. The first-order chi connectivity index (χ1) is 29.1. The van der Waals surface area contributed by atoms with Crippen LogP contribution in [0.5, 0.6) is 5.75 Å². The molecule has 0 saturated carbocycles. The molecule has 9 rings (SSSR count). The van der Waals surface area contributed by atoms with Crippen molar-refractivity contribution in [3.8, 4) is 28.3 Å². The highest BCUT2D eigenvalue weighted by Crippen LogP contribution is 2.35. The fourth-order valence-corrected chi connectivity index (χ4v) is 6.97. The van der Waals surface area contributed by atoms with Gasteiger partial charge in [-0.1, -0.05) is 50.2 Å². The number of hydrogen-bond donors (Lipinski definition) is 3. The number of benzene rings is 5. The van der Waals surface area contributed by atoms with Gasteiger partial charge in [0.05, 0.1) is 18.0 Å². The largest absolute Gasteiger partial charge is 0.415 e. The second-order valence-electron chi connectivity index (χ2n) is 14.5. The lowest BCUT2D eigenvalue weighted by molar-refractivity contribution is -0.384. The summed E-state index contributed by atoms with van der Waals surface area (Å²) in [4.78, 5) is 34.2. The average molecular weight is 842 g/mol. The normalized spacial score (nSPS) is 12.6. The zero-order valence-corrected chi connectivity index (χ0v) is 32.9. The van der Waals surface area contributed by atoms with Crippen LogP contribution in [0.15, 0.2) is 121 Å². The standard InChI is InChI=1S/C26H22FN5O4.C19H19FN4.2CH4/c1-17-2-8-20(9-3-17)28-25-24(18-4-6-19(27)7-5-18)29-23-16-30(14-15-31(23)25)26(33)36-22-12-10-21(11-13-22)32(34)35;1-13-2-8-16(9-3-13)22-19-18(14-4-6-15(20)7-5-14)23-17-12-21-10-11-24(17)19;;/h2-13,28H,14-16H2,1H3;2-9,21-22H,10-12H2,1H3;2*1H4. The number of aromatic nitrogens is 4. The van der Waals surface area contributed by atoms with Crippen LogP contribution in [-0.4, -0.2) is 48.1 Å². The van der Waals surface area contributed by atoms with E-state index in [4.69, 9.17) is 14.7 Å². The maximum Gasteiger partial charge on any atom is 0.415 e. The average Bonchev–Trinajstić information content (AvgIpc) is 3.81. The van der Waals surface area contributed by atoms with Crippen molar-refractivity contribution >= 4 is 34.8 Å². The molecule has 7 aromatic rings. The van der Waals surface area contributed by atoms with Crippen LogP contribution < -0.4 is 20.7 Å². The smallest absolute Gasteiger partial charge is 0.410 e. The minimum Gasteiger partial charge on any atom is -0.410 e. The molecule has 0 atom stereocenters. The number of amides is 1. The monoisotopic (exact) mass is 841 g/mol. The van der Waals surface area contributed by atoms with Crippen LogP contribution in [0.2, 0.25) is 0 Å². The molecule has 62 heavy (non-hydrogen) atoms. The van der Waals surface area contributed by atoms with Crippen LogP contribution in [0, 0.1) is 35.6 Å². The van der Waals surface area contributed by atoms with Gasteiger partial charge in [-0.2, -0.15) is 0 Å². The highest BCUT2D eigenvalue weighted by molar-refractivity contribution is 5.78. The lowest BCUT2D eigenvalue weighted by Gasteiger charge is -2.27. The van der Waals surface area contributed by atoms with Gasteiger partial charge < -0.3 is 29.8 Å². The summed E-state index contributed by atoms with van der Waals surface area (Å²) >= 11 is 0. The van der Waals surface area contributed by atoms with Gasteiger partial charge in [-0.15, -0.1) is 0 Å². The Bertz CT molecular complexity index is 2630. The van der Waals surface area contributed by atoms with Gasteiger partial charge in [-0.25, -0.2) is 23.5 Å². The Kier molecular flexibility index (Phi) is 13.8. The predicted octanol–water partition coefficient (Wildman–Crippen LogP) is 10.8. The van der Waals surface area contributed by atoms with Crippen LogP contribution >= 0.6 is 0 Å². The fourth-order valence-electron chi connectivity index (χ4n) is 6.97. The summed E-state index contributed by atoms with van der Waals surface area (Å²) in [6.45, 7) is 7.64. The van der Waals surface area contributed by atoms with E-state index >= 15 is 0 Å². The van der Waals surface area contributed by atoms with Crippen molar-refractivity contribution in [2.75, 3.05) is 23.7 Å². The number of nitro benzene ring substituents is 1. The SMILES string of the molecule is C.C.Cc1ccc(Nc2c(-c3ccc(F)cc3)nc3n2CCN(C(=O)Oc2ccc([N+](=O)[O-])cc2)C3)cc1.Cc1ccc(Nc2c(-c3ccc(F)cc3)nc3n2CCNC3)cc1. The van der Waals surface area contributed by atoms with Gasteiger partial charge in [-0.3, -0.25) is 15.0 Å². The van der Waals surface area contributed by atoms with Crippen molar-refractivity contribution in [2.24, 2.45) is 0 Å². The molecule has 0 saturated heterocycles. The number of carbonyl (C=O) groups is 1. The molecular weight excluding hydrogens is 793 g/mol. The van der Waals surface area contributed by atoms with Crippen LogP contribution in [-0.2, 0) is 26.2 Å². The molecule has 13 nitrogen and oxygen atoms in total. The van der Waals surface area contributed by atoms with Crippen LogP contribution in [0.25, 0.3) is 22.5 Å². The lowest BCUT2D eigenvalue weighted by Crippen LogP contribution is -2.40. The molecule has 2 aliphatic heterocycles. The van der Waals surface area contributed by atoms with Gasteiger partial charge in [0.15, 0.2) is 0 Å². The van der Waals surface area contributed by atoms with Crippen molar-refractivity contribution in [1.82, 2.24) is 29.3 Å². The van der Waals surface area contributed by atoms with E-state index in [1.165, 1.54) is 59.0 Å². The Labute approximate surface area is 359 Å². The summed E-state index contributed by atoms with van der Waals surface area (Å²) in [6, 6.07) is 34.2. The summed E-state index contributed by atoms with van der Waals surface area (Å²) in [5, 5.41) is 21.1. The first-order valence-corrected chi connectivity index (χ1v) is 19.4. The highest BCUT2D eigenvalue weighted by atomic mass is 19.1. The quantitative estimate of drug-likeness (QED) is 0.101. The van der Waals surface area contributed by atoms with E-state index in [0.717, 1.165) is 70.9 Å². The topological polar surface area (TPSA) is 144 Å². The molecule has 2 aliphatic rings. The van der Waals surface area contributed by atoms with Crippen molar-refractivity contribution in [1.29, 1.82) is 0 Å². The number of nitro groups is 1. The molecule has 0 fully saturated rings. The number of halogens is 2. The van der Waals surface area contributed by atoms with E-state index in [1.807, 2.05) is 35.8 Å². The van der Waals surface area contributed by atoms with Crippen LogP contribution in [0.1, 0.15) is 37.6 Å². The molecule has 2 aromatic heterocycles. The number of aryl methyl sites for hydroxylation is 2. The number of nitrogens with one attached hydrogen (secondary N) is 3. The Morgan fingerprint density at radius 1 is 0.677 bits per heavy atom. The van der Waals surface area contributed by atoms with Crippen molar-refractivity contribution in [2.45, 2.75) is 54.9 Å². The third-order valence-electron chi connectivity index (χ3n) is 10.2. The summed E-state index contributed by atoms with van der Waals surface area (Å²) in [6.07, 6.45) is -0.575. The van der Waals surface area contributed by atoms with E-state index < -0.39 is 11.0 Å². The van der Waals surface area contributed by atoms with Crippen molar-refractivity contribution < 1.29 is 23.2 Å². The predicted molar refractivity (Wildman–Crippen MR) is 239 cm³/mol. The molecule has 0 spiro atoms. The molecule has 320 valence electrons. The van der Waals surface area contributed by atoms with Crippen molar-refractivity contribution in [3.63, 3.8) is 0 Å². The van der Waals surface area contributed by atoms with Gasteiger partial charge >= 0.3 is 6.09 Å². The zero-order valence-electron chi connectivity index (χ0n) is 32.9. The van der Waals surface area contributed by atoms with Gasteiger partial charge in [-0.05, 0) is 98.8 Å². The van der Waals surface area contributed by atoms with Crippen molar-refractivity contribution in [3.05, 3.63) is 166 Å². The molecule has 1 amide bonds. The Morgan fingerprint density at radius 3 is 1.66 bits per heavy atom. The Balaban J connectivity index is 0.000000215. The maximum atomic E-state index is 13.6. The van der Waals surface area contributed by atoms with E-state index in [2.05, 4.69) is 51.7 Å². The zero-order chi connectivity index (χ0) is 41.8. The molecule has 0 radical (unpaired) electrons. The Morgan fingerprint density at radius 2 is 1.16 bits per heavy atom. The number of rotatable bonds is 8. The molecule has 0 aliphatic carbocycles. The number of nitrogens with zero attached hydrogens (tertiary/aromatic N) is 6. The molecule has 4 heterocycles. The minimum atomic E-state index is -0.575. The number of hydrogen-bond acceptors (Lipinski definition) is 9. The van der Waals surface area contributed by atoms with Gasteiger partial charge in [0, 0.05) is 60.8 Å². The number of anilines is 4. The van der Waals surface area contributed by atoms with Crippen LogP contribution in [0.3, 0.4) is 0 Å². The molecule has 3 N–H and O–H groups in total. The summed E-state index contributed by atoms with van der Waals surface area (Å²) in [7, 11) is 0. The molecule has 15 heteroatoms. The van der Waals surface area contributed by atoms with Gasteiger partial charge in [0.25, 0.3) is 5.69 Å². The molecule has 0 unspecified atom stereocenters. The Hall–Kier alpha value is -7.39. The third-order valence-corrected chi connectivity index (χ3v) is 10.2. The molecule has 0 bridgehead atoms. The number of non-ortho nitro benzene ring substituents is 1. The fraction of sp³-hybridized carbons (Fsp3) is 0.213. The number of carbonyl (C=O) groups excluding carboxylic acids is 1. The first-order valence-electron chi connectivity index (χ1n) is 19.4. The van der Waals surface area contributed by atoms with Gasteiger partial charge in [0.1, 0.15) is 52.1 Å². The van der Waals surface area contributed by atoms with E-state index in [0.29, 0.717) is 24.6 Å². The van der Waals surface area contributed by atoms with Crippen LogP contribution in [0.4, 0.5) is 42.3 Å².